The molecule has 0 saturated heterocycles. The Hall–Kier alpha value is -2.80. The minimum absolute atomic E-state index is 0.114. The lowest BCUT2D eigenvalue weighted by Crippen LogP contribution is -2.27. The van der Waals surface area contributed by atoms with Crippen molar-refractivity contribution in [3.05, 3.63) is 40.4 Å². The molecule has 0 unspecified atom stereocenters. The fraction of sp³-hybridized carbons (Fsp3) is 0.438. The molecule has 0 aliphatic carbocycles. The first-order chi connectivity index (χ1) is 11.6. The number of alkyl halides is 2. The third kappa shape index (κ3) is 4.00. The number of halogens is 2. The molecule has 0 amide bonds. The highest BCUT2D eigenvalue weighted by atomic mass is 19.3. The molecule has 2 rings (SSSR count). The van der Waals surface area contributed by atoms with Crippen molar-refractivity contribution in [3.63, 3.8) is 0 Å². The van der Waals surface area contributed by atoms with Crippen LogP contribution in [0.15, 0.2) is 29.5 Å². The lowest BCUT2D eigenvalue weighted by atomic mass is 10.1. The van der Waals surface area contributed by atoms with Crippen LogP contribution in [0.3, 0.4) is 0 Å². The van der Waals surface area contributed by atoms with Gasteiger partial charge in [-0.05, 0) is 44.5 Å². The predicted molar refractivity (Wildman–Crippen MR) is 88.0 cm³/mol. The standard InChI is InChI=1S/C16H18F2N4O3/c1-15(2,3)25-14(23)22-8-12(16(17,18)9-20-21-19)11-7-10(24-4)5-6-13(11)22/h5-8H,9H2,1-4H3. The first kappa shape index (κ1) is 18.5. The molecule has 1 aromatic carbocycles. The van der Waals surface area contributed by atoms with Gasteiger partial charge in [0.05, 0.1) is 19.2 Å². The Labute approximate surface area is 142 Å². The van der Waals surface area contributed by atoms with Gasteiger partial charge < -0.3 is 9.47 Å². The molecule has 0 bridgehead atoms. The minimum Gasteiger partial charge on any atom is -0.497 e. The molecular formula is C16H18F2N4O3. The van der Waals surface area contributed by atoms with Crippen molar-refractivity contribution in [1.29, 1.82) is 0 Å². The van der Waals surface area contributed by atoms with Crippen molar-refractivity contribution >= 4 is 17.0 Å². The molecule has 134 valence electrons. The van der Waals surface area contributed by atoms with E-state index in [0.29, 0.717) is 5.75 Å². The number of hydrogen-bond donors (Lipinski definition) is 0. The number of fused-ring (bicyclic) bond motifs is 1. The average Bonchev–Trinajstić information content (AvgIpc) is 2.91. The monoisotopic (exact) mass is 352 g/mol. The molecule has 1 aromatic heterocycles. The number of carbonyl (C=O) groups excluding carboxylic acids is 1. The van der Waals surface area contributed by atoms with Crippen LogP contribution < -0.4 is 4.74 Å². The van der Waals surface area contributed by atoms with Gasteiger partial charge in [-0.1, -0.05) is 5.11 Å². The highest BCUT2D eigenvalue weighted by Crippen LogP contribution is 2.37. The van der Waals surface area contributed by atoms with Crippen LogP contribution in [-0.2, 0) is 10.7 Å². The van der Waals surface area contributed by atoms with Crippen LogP contribution in [0.5, 0.6) is 5.75 Å². The number of methoxy groups -OCH3 is 1. The van der Waals surface area contributed by atoms with E-state index in [0.717, 1.165) is 10.8 Å². The molecule has 25 heavy (non-hydrogen) atoms. The van der Waals surface area contributed by atoms with E-state index in [1.807, 2.05) is 0 Å². The highest BCUT2D eigenvalue weighted by Gasteiger charge is 2.35. The van der Waals surface area contributed by atoms with Gasteiger partial charge >= 0.3 is 6.09 Å². The molecule has 0 spiro atoms. The van der Waals surface area contributed by atoms with Crippen LogP contribution in [0, 0.1) is 0 Å². The number of ether oxygens (including phenoxy) is 2. The van der Waals surface area contributed by atoms with E-state index in [9.17, 15) is 13.6 Å². The van der Waals surface area contributed by atoms with Crippen molar-refractivity contribution in [1.82, 2.24) is 4.57 Å². The molecule has 1 heterocycles. The second-order valence-electron chi connectivity index (χ2n) is 6.37. The number of aromatic nitrogens is 1. The van der Waals surface area contributed by atoms with Crippen molar-refractivity contribution < 1.29 is 23.0 Å². The first-order valence-corrected chi connectivity index (χ1v) is 7.40. The van der Waals surface area contributed by atoms with Gasteiger partial charge in [-0.2, -0.15) is 0 Å². The smallest absolute Gasteiger partial charge is 0.419 e. The van der Waals surface area contributed by atoms with Crippen LogP contribution in [0.1, 0.15) is 26.3 Å². The number of azide groups is 1. The molecule has 0 N–H and O–H groups in total. The predicted octanol–water partition coefficient (Wildman–Crippen LogP) is 4.84. The topological polar surface area (TPSA) is 89.2 Å². The Balaban J connectivity index is 2.65. The second-order valence-corrected chi connectivity index (χ2v) is 6.37. The SMILES string of the molecule is COc1ccc2c(c1)c(C(F)(F)CN=[N+]=[N-])cn2C(=O)OC(C)(C)C. The zero-order valence-electron chi connectivity index (χ0n) is 14.3. The van der Waals surface area contributed by atoms with E-state index in [4.69, 9.17) is 15.0 Å². The normalized spacial score (nSPS) is 11.9. The maximum atomic E-state index is 14.5. The number of benzene rings is 1. The number of hydrogen-bond acceptors (Lipinski definition) is 4. The summed E-state index contributed by atoms with van der Waals surface area (Å²) in [6.45, 7) is 3.97. The van der Waals surface area contributed by atoms with Crippen LogP contribution in [0.4, 0.5) is 13.6 Å². The Morgan fingerprint density at radius 1 is 1.36 bits per heavy atom. The lowest BCUT2D eigenvalue weighted by molar-refractivity contribution is 0.00745. The van der Waals surface area contributed by atoms with E-state index in [1.165, 1.54) is 19.2 Å². The maximum absolute atomic E-state index is 14.5. The second kappa shape index (κ2) is 6.60. The van der Waals surface area contributed by atoms with Gasteiger partial charge in [0, 0.05) is 22.1 Å². The van der Waals surface area contributed by atoms with Crippen molar-refractivity contribution in [2.24, 2.45) is 5.11 Å². The zero-order chi connectivity index (χ0) is 18.8. The van der Waals surface area contributed by atoms with E-state index in [2.05, 4.69) is 10.0 Å². The highest BCUT2D eigenvalue weighted by molar-refractivity contribution is 5.93. The fourth-order valence-corrected chi connectivity index (χ4v) is 2.30. The molecular weight excluding hydrogens is 334 g/mol. The summed E-state index contributed by atoms with van der Waals surface area (Å²) in [7, 11) is 1.41. The number of nitrogens with zero attached hydrogens (tertiary/aromatic N) is 4. The van der Waals surface area contributed by atoms with Gasteiger partial charge in [0.25, 0.3) is 5.92 Å². The van der Waals surface area contributed by atoms with E-state index in [1.54, 1.807) is 26.8 Å². The van der Waals surface area contributed by atoms with Crippen LogP contribution in [0.2, 0.25) is 0 Å². The van der Waals surface area contributed by atoms with Crippen molar-refractivity contribution in [3.8, 4) is 5.75 Å². The Morgan fingerprint density at radius 3 is 2.60 bits per heavy atom. The molecule has 0 radical (unpaired) electrons. The zero-order valence-corrected chi connectivity index (χ0v) is 14.3. The molecule has 2 aromatic rings. The third-order valence-corrected chi connectivity index (χ3v) is 3.33. The van der Waals surface area contributed by atoms with Gasteiger partial charge in [-0.3, -0.25) is 4.57 Å². The number of rotatable bonds is 4. The molecule has 0 aliphatic heterocycles. The molecule has 0 aliphatic rings. The summed E-state index contributed by atoms with van der Waals surface area (Å²) in [6, 6.07) is 4.44. The molecule has 7 nitrogen and oxygen atoms in total. The summed E-state index contributed by atoms with van der Waals surface area (Å²) in [5.41, 5.74) is 7.33. The van der Waals surface area contributed by atoms with Gasteiger partial charge in [-0.25, -0.2) is 13.6 Å². The summed E-state index contributed by atoms with van der Waals surface area (Å²) in [5, 5.41) is 3.07. The van der Waals surface area contributed by atoms with Gasteiger partial charge in [0.1, 0.15) is 11.4 Å². The molecule has 9 heteroatoms. The van der Waals surface area contributed by atoms with Crippen LogP contribution in [0.25, 0.3) is 21.3 Å². The summed E-state index contributed by atoms with van der Waals surface area (Å²) < 4.78 is 40.2. The summed E-state index contributed by atoms with van der Waals surface area (Å²) in [6.07, 6.45) is 0.221. The Morgan fingerprint density at radius 2 is 2.04 bits per heavy atom. The van der Waals surface area contributed by atoms with Crippen LogP contribution >= 0.6 is 0 Å². The third-order valence-electron chi connectivity index (χ3n) is 3.33. The Kier molecular flexibility index (Phi) is 4.89. The lowest BCUT2D eigenvalue weighted by Gasteiger charge is -2.19. The minimum atomic E-state index is -3.45. The fourth-order valence-electron chi connectivity index (χ4n) is 2.30. The average molecular weight is 352 g/mol. The van der Waals surface area contributed by atoms with Gasteiger partial charge in [-0.15, -0.1) is 0 Å². The first-order valence-electron chi connectivity index (χ1n) is 7.40. The summed E-state index contributed by atoms with van der Waals surface area (Å²) in [5.74, 6) is -3.10. The Bertz CT molecular complexity index is 849. The van der Waals surface area contributed by atoms with Crippen LogP contribution in [-0.4, -0.2) is 29.9 Å². The molecule has 0 fully saturated rings. The molecule has 0 saturated carbocycles. The summed E-state index contributed by atoms with van der Waals surface area (Å²) in [4.78, 5) is 14.7. The largest absolute Gasteiger partial charge is 0.497 e. The van der Waals surface area contributed by atoms with Crippen molar-refractivity contribution in [2.75, 3.05) is 13.7 Å². The van der Waals surface area contributed by atoms with Gasteiger partial charge in [0.15, 0.2) is 0 Å². The maximum Gasteiger partial charge on any atom is 0.419 e. The summed E-state index contributed by atoms with van der Waals surface area (Å²) >= 11 is 0. The van der Waals surface area contributed by atoms with E-state index < -0.39 is 29.7 Å². The number of carbonyl (C=O) groups is 1. The quantitative estimate of drug-likeness (QED) is 0.448. The van der Waals surface area contributed by atoms with Crippen molar-refractivity contribution in [2.45, 2.75) is 32.3 Å². The molecule has 0 atom stereocenters. The van der Waals surface area contributed by atoms with E-state index in [-0.39, 0.29) is 10.9 Å². The van der Waals surface area contributed by atoms with E-state index >= 15 is 0 Å². The van der Waals surface area contributed by atoms with Gasteiger partial charge in [0.2, 0.25) is 0 Å².